The van der Waals surface area contributed by atoms with Gasteiger partial charge in [0.2, 0.25) is 5.91 Å². The highest BCUT2D eigenvalue weighted by Crippen LogP contribution is 2.23. The lowest BCUT2D eigenvalue weighted by atomic mass is 10.1. The van der Waals surface area contributed by atoms with E-state index in [1.165, 1.54) is 0 Å². The third-order valence-electron chi connectivity index (χ3n) is 3.86. The van der Waals surface area contributed by atoms with Crippen LogP contribution in [0.5, 0.6) is 0 Å². The Bertz CT molecular complexity index is 939. The van der Waals surface area contributed by atoms with Crippen LogP contribution in [0.1, 0.15) is 17.5 Å². The number of hydrogen-bond donors (Lipinski definition) is 2. The van der Waals surface area contributed by atoms with Gasteiger partial charge >= 0.3 is 0 Å². The number of anilines is 2. The molecular formula is C20H18N4OS. The standard InChI is InChI=1S/C20H18N4OS/c1-13(20(25)24-18-7-3-15(11-21)4-8-18)22-17-9-5-16(6-10-17)19-12-26-14(2)23-19/h3-10,12-13,22H,1-2H3,(H,24,25)/t13-/m1/s1. The zero-order valence-corrected chi connectivity index (χ0v) is 15.3. The molecular weight excluding hydrogens is 344 g/mol. The number of nitrogens with one attached hydrogen (secondary N) is 2. The second-order valence-electron chi connectivity index (χ2n) is 5.87. The average Bonchev–Trinajstić information content (AvgIpc) is 3.09. The molecule has 0 aliphatic carbocycles. The molecule has 0 aliphatic rings. The van der Waals surface area contributed by atoms with Crippen molar-refractivity contribution in [2.75, 3.05) is 10.6 Å². The maximum atomic E-state index is 12.3. The van der Waals surface area contributed by atoms with Gasteiger partial charge in [-0.1, -0.05) is 12.1 Å². The van der Waals surface area contributed by atoms with Gasteiger partial charge in [0.05, 0.1) is 22.3 Å². The molecule has 2 aromatic carbocycles. The van der Waals surface area contributed by atoms with Crippen LogP contribution in [0.2, 0.25) is 0 Å². The molecule has 0 unspecified atom stereocenters. The molecule has 5 nitrogen and oxygen atoms in total. The zero-order valence-electron chi connectivity index (χ0n) is 14.5. The lowest BCUT2D eigenvalue weighted by Crippen LogP contribution is -2.31. The van der Waals surface area contributed by atoms with Crippen LogP contribution >= 0.6 is 11.3 Å². The Morgan fingerprint density at radius 1 is 1.12 bits per heavy atom. The Morgan fingerprint density at radius 3 is 2.35 bits per heavy atom. The van der Waals surface area contributed by atoms with Crippen molar-refractivity contribution in [2.24, 2.45) is 0 Å². The van der Waals surface area contributed by atoms with E-state index in [1.54, 1.807) is 42.5 Å². The van der Waals surface area contributed by atoms with E-state index in [1.807, 2.05) is 36.6 Å². The summed E-state index contributed by atoms with van der Waals surface area (Å²) in [5.41, 5.74) is 4.10. The molecule has 1 aromatic heterocycles. The fraction of sp³-hybridized carbons (Fsp3) is 0.150. The normalized spacial score (nSPS) is 11.4. The number of nitriles is 1. The van der Waals surface area contributed by atoms with Gasteiger partial charge in [0.1, 0.15) is 6.04 Å². The molecule has 0 bridgehead atoms. The molecule has 6 heteroatoms. The van der Waals surface area contributed by atoms with Gasteiger partial charge in [0, 0.05) is 22.3 Å². The molecule has 0 fully saturated rings. The third-order valence-corrected chi connectivity index (χ3v) is 4.63. The molecule has 0 saturated heterocycles. The van der Waals surface area contributed by atoms with Crippen LogP contribution in [-0.4, -0.2) is 16.9 Å². The van der Waals surface area contributed by atoms with E-state index in [-0.39, 0.29) is 5.91 Å². The molecule has 1 heterocycles. The number of carbonyl (C=O) groups is 1. The molecule has 1 amide bonds. The zero-order chi connectivity index (χ0) is 18.5. The van der Waals surface area contributed by atoms with E-state index < -0.39 is 6.04 Å². The first kappa shape index (κ1) is 17.6. The van der Waals surface area contributed by atoms with Crippen LogP contribution in [0.15, 0.2) is 53.9 Å². The summed E-state index contributed by atoms with van der Waals surface area (Å²) in [5.74, 6) is -0.145. The second kappa shape index (κ2) is 7.81. The van der Waals surface area contributed by atoms with Crippen LogP contribution in [-0.2, 0) is 4.79 Å². The summed E-state index contributed by atoms with van der Waals surface area (Å²) < 4.78 is 0. The summed E-state index contributed by atoms with van der Waals surface area (Å²) in [6.07, 6.45) is 0. The monoisotopic (exact) mass is 362 g/mol. The average molecular weight is 362 g/mol. The van der Waals surface area contributed by atoms with Crippen LogP contribution < -0.4 is 10.6 Å². The van der Waals surface area contributed by atoms with E-state index in [2.05, 4.69) is 21.7 Å². The first-order chi connectivity index (χ1) is 12.5. The number of nitrogens with zero attached hydrogens (tertiary/aromatic N) is 2. The van der Waals surface area contributed by atoms with Crippen molar-refractivity contribution in [3.05, 3.63) is 64.5 Å². The highest BCUT2D eigenvalue weighted by Gasteiger charge is 2.13. The number of benzene rings is 2. The van der Waals surface area contributed by atoms with E-state index in [0.717, 1.165) is 22.0 Å². The van der Waals surface area contributed by atoms with Crippen molar-refractivity contribution in [1.29, 1.82) is 5.26 Å². The van der Waals surface area contributed by atoms with E-state index in [4.69, 9.17) is 5.26 Å². The van der Waals surface area contributed by atoms with Crippen LogP contribution in [0.3, 0.4) is 0 Å². The topological polar surface area (TPSA) is 77.8 Å². The molecule has 3 rings (SSSR count). The summed E-state index contributed by atoms with van der Waals surface area (Å²) in [6, 6.07) is 16.3. The van der Waals surface area contributed by atoms with Gasteiger partial charge in [0.15, 0.2) is 0 Å². The fourth-order valence-electron chi connectivity index (χ4n) is 2.43. The summed E-state index contributed by atoms with van der Waals surface area (Å²) >= 11 is 1.62. The van der Waals surface area contributed by atoms with E-state index in [9.17, 15) is 4.79 Å². The quantitative estimate of drug-likeness (QED) is 0.704. The fourth-order valence-corrected chi connectivity index (χ4v) is 3.05. The van der Waals surface area contributed by atoms with Crippen LogP contribution in [0.4, 0.5) is 11.4 Å². The van der Waals surface area contributed by atoms with Crippen LogP contribution in [0.25, 0.3) is 11.3 Å². The minimum absolute atomic E-state index is 0.145. The second-order valence-corrected chi connectivity index (χ2v) is 6.94. The van der Waals surface area contributed by atoms with E-state index in [0.29, 0.717) is 11.3 Å². The first-order valence-corrected chi connectivity index (χ1v) is 9.03. The molecule has 26 heavy (non-hydrogen) atoms. The van der Waals surface area contributed by atoms with Gasteiger partial charge < -0.3 is 10.6 Å². The SMILES string of the molecule is Cc1nc(-c2ccc(N[C@H](C)C(=O)Nc3ccc(C#N)cc3)cc2)cs1. The maximum Gasteiger partial charge on any atom is 0.246 e. The first-order valence-electron chi connectivity index (χ1n) is 8.15. The largest absolute Gasteiger partial charge is 0.374 e. The number of hydrogen-bond acceptors (Lipinski definition) is 5. The molecule has 0 spiro atoms. The number of amides is 1. The van der Waals surface area contributed by atoms with Gasteiger partial charge in [-0.05, 0) is 50.2 Å². The Balaban J connectivity index is 1.60. The minimum Gasteiger partial charge on any atom is -0.374 e. The van der Waals surface area contributed by atoms with Crippen LogP contribution in [0, 0.1) is 18.3 Å². The molecule has 0 radical (unpaired) electrons. The molecule has 130 valence electrons. The molecule has 2 N–H and O–H groups in total. The summed E-state index contributed by atoms with van der Waals surface area (Å²) in [5, 5.41) is 17.9. The number of aryl methyl sites for hydroxylation is 1. The molecule has 3 aromatic rings. The summed E-state index contributed by atoms with van der Waals surface area (Å²) in [6.45, 7) is 3.79. The molecule has 1 atom stereocenters. The van der Waals surface area contributed by atoms with Crippen molar-refractivity contribution in [1.82, 2.24) is 4.98 Å². The van der Waals surface area contributed by atoms with Crippen molar-refractivity contribution < 1.29 is 4.79 Å². The van der Waals surface area contributed by atoms with Gasteiger partial charge in [-0.3, -0.25) is 4.79 Å². The minimum atomic E-state index is -0.405. The smallest absolute Gasteiger partial charge is 0.246 e. The molecule has 0 aliphatic heterocycles. The Kier molecular flexibility index (Phi) is 5.30. The van der Waals surface area contributed by atoms with Crippen molar-refractivity contribution >= 4 is 28.6 Å². The van der Waals surface area contributed by atoms with Crippen molar-refractivity contribution in [3.8, 4) is 17.3 Å². The van der Waals surface area contributed by atoms with Gasteiger partial charge in [0.25, 0.3) is 0 Å². The van der Waals surface area contributed by atoms with Gasteiger partial charge in [-0.2, -0.15) is 5.26 Å². The lowest BCUT2D eigenvalue weighted by Gasteiger charge is -2.15. The summed E-state index contributed by atoms with van der Waals surface area (Å²) in [7, 11) is 0. The predicted octanol–water partition coefficient (Wildman–Crippen LogP) is 4.43. The Morgan fingerprint density at radius 2 is 1.77 bits per heavy atom. The van der Waals surface area contributed by atoms with E-state index >= 15 is 0 Å². The van der Waals surface area contributed by atoms with Crippen molar-refractivity contribution in [3.63, 3.8) is 0 Å². The maximum absolute atomic E-state index is 12.3. The Labute approximate surface area is 156 Å². The molecule has 0 saturated carbocycles. The van der Waals surface area contributed by atoms with Gasteiger partial charge in [-0.25, -0.2) is 4.98 Å². The third kappa shape index (κ3) is 4.26. The number of rotatable bonds is 5. The Hall–Kier alpha value is -3.17. The van der Waals surface area contributed by atoms with Crippen molar-refractivity contribution in [2.45, 2.75) is 19.9 Å². The highest BCUT2D eigenvalue weighted by molar-refractivity contribution is 7.09. The predicted molar refractivity (Wildman–Crippen MR) is 105 cm³/mol. The number of thiazole rings is 1. The summed E-state index contributed by atoms with van der Waals surface area (Å²) in [4.78, 5) is 16.8. The van der Waals surface area contributed by atoms with Gasteiger partial charge in [-0.15, -0.1) is 11.3 Å². The number of aromatic nitrogens is 1. The lowest BCUT2D eigenvalue weighted by molar-refractivity contribution is -0.116. The highest BCUT2D eigenvalue weighted by atomic mass is 32.1. The number of carbonyl (C=O) groups excluding carboxylic acids is 1.